The maximum Gasteiger partial charge on any atom is 0.137 e. The van der Waals surface area contributed by atoms with E-state index in [0.29, 0.717) is 4.47 Å². The third kappa shape index (κ3) is 2.29. The number of halogens is 2. The van der Waals surface area contributed by atoms with Crippen molar-refractivity contribution in [2.45, 2.75) is 25.8 Å². The molecule has 0 saturated carbocycles. The van der Waals surface area contributed by atoms with Gasteiger partial charge in [-0.1, -0.05) is 13.0 Å². The summed E-state index contributed by atoms with van der Waals surface area (Å²) < 4.78 is 13.6. The zero-order valence-electron chi connectivity index (χ0n) is 7.77. The van der Waals surface area contributed by atoms with Gasteiger partial charge in [-0.05, 0) is 47.0 Å². The Labute approximate surface area is 86.3 Å². The lowest BCUT2D eigenvalue weighted by atomic mass is 9.91. The Hall–Kier alpha value is -0.410. The van der Waals surface area contributed by atoms with E-state index in [1.165, 1.54) is 6.07 Å². The molecule has 1 unspecified atom stereocenters. The van der Waals surface area contributed by atoms with Crippen molar-refractivity contribution in [1.82, 2.24) is 0 Å². The van der Waals surface area contributed by atoms with Crippen LogP contribution < -0.4 is 5.73 Å². The molecule has 0 aliphatic heterocycles. The van der Waals surface area contributed by atoms with Crippen LogP contribution in [0.4, 0.5) is 4.39 Å². The second-order valence-electron chi connectivity index (χ2n) is 3.40. The van der Waals surface area contributed by atoms with E-state index in [9.17, 15) is 4.39 Å². The molecule has 0 fully saturated rings. The summed E-state index contributed by atoms with van der Waals surface area (Å²) in [7, 11) is 0. The summed E-state index contributed by atoms with van der Waals surface area (Å²) in [6.07, 6.45) is 0.786. The van der Waals surface area contributed by atoms with Gasteiger partial charge in [0.25, 0.3) is 0 Å². The van der Waals surface area contributed by atoms with E-state index in [2.05, 4.69) is 15.9 Å². The van der Waals surface area contributed by atoms with Crippen molar-refractivity contribution in [2.75, 3.05) is 0 Å². The molecule has 2 N–H and O–H groups in total. The average Bonchev–Trinajstić information content (AvgIpc) is 2.09. The van der Waals surface area contributed by atoms with E-state index in [-0.39, 0.29) is 5.82 Å². The predicted molar refractivity (Wildman–Crippen MR) is 55.9 cm³/mol. The van der Waals surface area contributed by atoms with Gasteiger partial charge in [-0.2, -0.15) is 0 Å². The van der Waals surface area contributed by atoms with Gasteiger partial charge in [-0.3, -0.25) is 0 Å². The van der Waals surface area contributed by atoms with Gasteiger partial charge in [0.15, 0.2) is 0 Å². The van der Waals surface area contributed by atoms with Crippen molar-refractivity contribution < 1.29 is 4.39 Å². The highest BCUT2D eigenvalue weighted by Crippen LogP contribution is 2.25. The number of hydrogen-bond donors (Lipinski definition) is 1. The molecule has 72 valence electrons. The van der Waals surface area contributed by atoms with Crippen LogP contribution in [0.15, 0.2) is 22.7 Å². The molecule has 0 aliphatic rings. The molecule has 0 heterocycles. The minimum atomic E-state index is -0.443. The molecule has 3 heteroatoms. The van der Waals surface area contributed by atoms with Gasteiger partial charge in [0.05, 0.1) is 4.47 Å². The van der Waals surface area contributed by atoms with E-state index in [1.54, 1.807) is 6.07 Å². The Kier molecular flexibility index (Phi) is 3.09. The average molecular weight is 246 g/mol. The van der Waals surface area contributed by atoms with Crippen LogP contribution in [0.3, 0.4) is 0 Å². The molecule has 0 aliphatic carbocycles. The zero-order chi connectivity index (χ0) is 10.1. The molecular weight excluding hydrogens is 233 g/mol. The van der Waals surface area contributed by atoms with Crippen LogP contribution in [-0.4, -0.2) is 0 Å². The third-order valence-corrected chi connectivity index (χ3v) is 2.96. The van der Waals surface area contributed by atoms with Gasteiger partial charge in [-0.25, -0.2) is 4.39 Å². The minimum absolute atomic E-state index is 0.261. The van der Waals surface area contributed by atoms with Crippen molar-refractivity contribution >= 4 is 15.9 Å². The fourth-order valence-corrected chi connectivity index (χ4v) is 1.30. The lowest BCUT2D eigenvalue weighted by Gasteiger charge is -2.23. The topological polar surface area (TPSA) is 26.0 Å². The first-order chi connectivity index (χ1) is 5.97. The smallest absolute Gasteiger partial charge is 0.137 e. The van der Waals surface area contributed by atoms with Gasteiger partial charge in [0.2, 0.25) is 0 Å². The van der Waals surface area contributed by atoms with Crippen molar-refractivity contribution in [3.05, 3.63) is 34.1 Å². The summed E-state index contributed by atoms with van der Waals surface area (Å²) >= 11 is 3.10. The summed E-state index contributed by atoms with van der Waals surface area (Å²) in [6.45, 7) is 3.88. The van der Waals surface area contributed by atoms with Crippen LogP contribution in [0.1, 0.15) is 25.8 Å². The van der Waals surface area contributed by atoms with E-state index in [1.807, 2.05) is 19.9 Å². The van der Waals surface area contributed by atoms with E-state index in [0.717, 1.165) is 12.0 Å². The highest BCUT2D eigenvalue weighted by atomic mass is 79.9. The van der Waals surface area contributed by atoms with Crippen LogP contribution in [0.2, 0.25) is 0 Å². The second kappa shape index (κ2) is 3.76. The lowest BCUT2D eigenvalue weighted by Crippen LogP contribution is -2.31. The van der Waals surface area contributed by atoms with Crippen LogP contribution in [0.5, 0.6) is 0 Å². The second-order valence-corrected chi connectivity index (χ2v) is 4.25. The van der Waals surface area contributed by atoms with Gasteiger partial charge in [-0.15, -0.1) is 0 Å². The van der Waals surface area contributed by atoms with Gasteiger partial charge in [0, 0.05) is 5.54 Å². The quantitative estimate of drug-likeness (QED) is 0.852. The largest absolute Gasteiger partial charge is 0.322 e. The molecule has 1 aromatic carbocycles. The maximum absolute atomic E-state index is 13.1. The summed E-state index contributed by atoms with van der Waals surface area (Å²) in [6, 6.07) is 5.01. The molecule has 1 atom stereocenters. The fraction of sp³-hybridized carbons (Fsp3) is 0.400. The maximum atomic E-state index is 13.1. The summed E-state index contributed by atoms with van der Waals surface area (Å²) in [5, 5.41) is 0. The Morgan fingerprint density at radius 2 is 2.15 bits per heavy atom. The van der Waals surface area contributed by atoms with Crippen LogP contribution >= 0.6 is 15.9 Å². The number of nitrogens with two attached hydrogens (primary N) is 1. The van der Waals surface area contributed by atoms with Crippen LogP contribution in [0.25, 0.3) is 0 Å². The molecule has 0 amide bonds. The Balaban J connectivity index is 3.10. The Morgan fingerprint density at radius 3 is 2.62 bits per heavy atom. The van der Waals surface area contributed by atoms with Gasteiger partial charge in [0.1, 0.15) is 5.82 Å². The Bertz CT molecular complexity index is 310. The molecule has 1 aromatic rings. The molecule has 0 spiro atoms. The van der Waals surface area contributed by atoms with E-state index >= 15 is 0 Å². The Morgan fingerprint density at radius 1 is 1.54 bits per heavy atom. The molecule has 1 rings (SSSR count). The fourth-order valence-electron chi connectivity index (χ4n) is 1.06. The van der Waals surface area contributed by atoms with Crippen molar-refractivity contribution in [1.29, 1.82) is 0 Å². The summed E-state index contributed by atoms with van der Waals surface area (Å²) in [5.74, 6) is -0.261. The van der Waals surface area contributed by atoms with Gasteiger partial charge < -0.3 is 5.73 Å². The van der Waals surface area contributed by atoms with Crippen LogP contribution in [-0.2, 0) is 5.54 Å². The predicted octanol–water partition coefficient (Wildman–Crippen LogP) is 3.17. The number of hydrogen-bond acceptors (Lipinski definition) is 1. The molecular formula is C10H13BrFN. The zero-order valence-corrected chi connectivity index (χ0v) is 9.36. The van der Waals surface area contributed by atoms with Gasteiger partial charge >= 0.3 is 0 Å². The first-order valence-corrected chi connectivity index (χ1v) is 5.01. The number of benzene rings is 1. The van der Waals surface area contributed by atoms with Crippen molar-refractivity contribution in [3.63, 3.8) is 0 Å². The lowest BCUT2D eigenvalue weighted by molar-refractivity contribution is 0.471. The third-order valence-electron chi connectivity index (χ3n) is 2.31. The van der Waals surface area contributed by atoms with Crippen LogP contribution in [0, 0.1) is 5.82 Å². The number of rotatable bonds is 2. The molecule has 13 heavy (non-hydrogen) atoms. The monoisotopic (exact) mass is 245 g/mol. The first-order valence-electron chi connectivity index (χ1n) is 4.22. The standard InChI is InChI=1S/C10H13BrFN/c1-3-10(2,13)7-4-5-8(11)9(12)6-7/h4-6H,3,13H2,1-2H3. The SMILES string of the molecule is CCC(C)(N)c1ccc(Br)c(F)c1. The molecule has 1 nitrogen and oxygen atoms in total. The first kappa shape index (κ1) is 10.7. The normalized spacial score (nSPS) is 15.5. The van der Waals surface area contributed by atoms with Crippen molar-refractivity contribution in [3.8, 4) is 0 Å². The summed E-state index contributed by atoms with van der Waals surface area (Å²) in [5.41, 5.74) is 6.36. The molecule has 0 radical (unpaired) electrons. The molecule has 0 saturated heterocycles. The molecule has 0 bridgehead atoms. The van der Waals surface area contributed by atoms with E-state index < -0.39 is 5.54 Å². The summed E-state index contributed by atoms with van der Waals surface area (Å²) in [4.78, 5) is 0. The highest BCUT2D eigenvalue weighted by Gasteiger charge is 2.19. The minimum Gasteiger partial charge on any atom is -0.322 e. The van der Waals surface area contributed by atoms with Crippen molar-refractivity contribution in [2.24, 2.45) is 5.73 Å². The van der Waals surface area contributed by atoms with E-state index in [4.69, 9.17) is 5.73 Å². The highest BCUT2D eigenvalue weighted by molar-refractivity contribution is 9.10. The molecule has 0 aromatic heterocycles.